The molecule has 7 nitrogen and oxygen atoms in total. The van der Waals surface area contributed by atoms with E-state index >= 15 is 0 Å². The van der Waals surface area contributed by atoms with Crippen LogP contribution in [0.4, 0.5) is 0 Å². The number of carbonyl (C=O) groups is 1. The molecule has 0 spiro atoms. The van der Waals surface area contributed by atoms with Gasteiger partial charge in [-0.2, -0.15) is 5.10 Å². The topological polar surface area (TPSA) is 94.0 Å². The van der Waals surface area contributed by atoms with E-state index in [0.717, 1.165) is 5.56 Å². The van der Waals surface area contributed by atoms with Gasteiger partial charge in [-0.15, -0.1) is 0 Å². The molecule has 2 aromatic rings. The maximum absolute atomic E-state index is 12.1. The van der Waals surface area contributed by atoms with Crippen LogP contribution in [0, 0.1) is 5.92 Å². The molecule has 1 fully saturated rings. The summed E-state index contributed by atoms with van der Waals surface area (Å²) in [5.74, 6) is 0.242. The van der Waals surface area contributed by atoms with Crippen LogP contribution in [0.5, 0.6) is 0 Å². The fraction of sp³-hybridized carbons (Fsp3) is 0.400. The number of nitrogens with zero attached hydrogens (tertiary/aromatic N) is 3. The second-order valence-corrected chi connectivity index (χ2v) is 8.00. The average Bonchev–Trinajstić information content (AvgIpc) is 3.15. The van der Waals surface area contributed by atoms with E-state index in [1.54, 1.807) is 23.1 Å². The zero-order valence-electron chi connectivity index (χ0n) is 12.6. The zero-order valence-corrected chi connectivity index (χ0v) is 13.4. The zero-order chi connectivity index (χ0) is 16.3. The quantitative estimate of drug-likeness (QED) is 0.859. The highest BCUT2D eigenvalue weighted by molar-refractivity contribution is 7.91. The normalized spacial score (nSPS) is 19.6. The Kier molecular flexibility index (Phi) is 4.42. The van der Waals surface area contributed by atoms with Gasteiger partial charge in [0.25, 0.3) is 5.91 Å². The van der Waals surface area contributed by atoms with Crippen LogP contribution in [-0.4, -0.2) is 47.1 Å². The third-order valence-electron chi connectivity index (χ3n) is 3.91. The molecule has 1 aromatic heterocycles. The average molecular weight is 334 g/mol. The molecule has 23 heavy (non-hydrogen) atoms. The lowest BCUT2D eigenvalue weighted by atomic mass is 10.1. The molecule has 1 unspecified atom stereocenters. The van der Waals surface area contributed by atoms with Crippen LogP contribution < -0.4 is 5.32 Å². The Balaban J connectivity index is 1.53. The molecule has 0 radical (unpaired) electrons. The predicted octanol–water partition coefficient (Wildman–Crippen LogP) is 0.491. The van der Waals surface area contributed by atoms with E-state index in [4.69, 9.17) is 0 Å². The third-order valence-corrected chi connectivity index (χ3v) is 5.74. The van der Waals surface area contributed by atoms with Gasteiger partial charge in [-0.05, 0) is 30.0 Å². The Morgan fingerprint density at radius 1 is 1.30 bits per heavy atom. The first-order valence-corrected chi connectivity index (χ1v) is 9.24. The molecule has 1 saturated heterocycles. The molecule has 3 rings (SSSR count). The Morgan fingerprint density at radius 2 is 2.09 bits per heavy atom. The molecule has 122 valence electrons. The highest BCUT2D eigenvalue weighted by Crippen LogP contribution is 2.17. The van der Waals surface area contributed by atoms with Crippen molar-refractivity contribution in [3.63, 3.8) is 0 Å². The number of nitrogens with one attached hydrogen (secondary N) is 1. The van der Waals surface area contributed by atoms with E-state index in [-0.39, 0.29) is 23.3 Å². The predicted molar refractivity (Wildman–Crippen MR) is 84.7 cm³/mol. The van der Waals surface area contributed by atoms with E-state index in [9.17, 15) is 13.2 Å². The Bertz CT molecular complexity index is 770. The molecule has 8 heteroatoms. The van der Waals surface area contributed by atoms with E-state index in [1.807, 2.05) is 12.1 Å². The minimum Gasteiger partial charge on any atom is -0.352 e. The van der Waals surface area contributed by atoms with Crippen molar-refractivity contribution in [2.24, 2.45) is 5.92 Å². The third kappa shape index (κ3) is 4.16. The maximum Gasteiger partial charge on any atom is 0.251 e. The highest BCUT2D eigenvalue weighted by atomic mass is 32.2. The first kappa shape index (κ1) is 15.7. The molecule has 1 aromatic carbocycles. The lowest BCUT2D eigenvalue weighted by molar-refractivity contribution is 0.0948. The van der Waals surface area contributed by atoms with Crippen LogP contribution in [0.15, 0.2) is 36.9 Å². The summed E-state index contributed by atoms with van der Waals surface area (Å²) in [6, 6.07) is 7.26. The fourth-order valence-corrected chi connectivity index (χ4v) is 4.50. The Labute approximate surface area is 134 Å². The number of carbonyl (C=O) groups excluding carboxylic acids is 1. The van der Waals surface area contributed by atoms with Crippen molar-refractivity contribution in [2.75, 3.05) is 18.1 Å². The van der Waals surface area contributed by atoms with E-state index in [1.165, 1.54) is 6.33 Å². The first-order valence-electron chi connectivity index (χ1n) is 7.42. The van der Waals surface area contributed by atoms with E-state index in [0.29, 0.717) is 25.1 Å². The monoisotopic (exact) mass is 334 g/mol. The van der Waals surface area contributed by atoms with E-state index < -0.39 is 9.84 Å². The molecule has 1 aliphatic heterocycles. The molecule has 1 amide bonds. The van der Waals surface area contributed by atoms with Gasteiger partial charge in [-0.3, -0.25) is 4.79 Å². The van der Waals surface area contributed by atoms with Crippen LogP contribution in [-0.2, 0) is 16.4 Å². The van der Waals surface area contributed by atoms with Crippen molar-refractivity contribution in [1.29, 1.82) is 0 Å². The van der Waals surface area contributed by atoms with Crippen molar-refractivity contribution >= 4 is 15.7 Å². The first-order chi connectivity index (χ1) is 11.0. The maximum atomic E-state index is 12.1. The van der Waals surface area contributed by atoms with Crippen molar-refractivity contribution in [3.8, 4) is 0 Å². The number of amides is 1. The molecular weight excluding hydrogens is 316 g/mol. The van der Waals surface area contributed by atoms with Crippen LogP contribution in [0.2, 0.25) is 0 Å². The summed E-state index contributed by atoms with van der Waals surface area (Å²) in [7, 11) is -2.90. The lowest BCUT2D eigenvalue weighted by Gasteiger charge is -2.10. The Morgan fingerprint density at radius 3 is 2.70 bits per heavy atom. The van der Waals surface area contributed by atoms with Gasteiger partial charge in [-0.1, -0.05) is 12.1 Å². The summed E-state index contributed by atoms with van der Waals surface area (Å²) < 4.78 is 24.5. The van der Waals surface area contributed by atoms with Gasteiger partial charge in [0, 0.05) is 12.1 Å². The second kappa shape index (κ2) is 6.49. The SMILES string of the molecule is O=C(NCC1CCS(=O)(=O)C1)c1ccc(Cn2cncn2)cc1. The fourth-order valence-electron chi connectivity index (χ4n) is 2.64. The largest absolute Gasteiger partial charge is 0.352 e. The summed E-state index contributed by atoms with van der Waals surface area (Å²) in [5, 5.41) is 6.84. The number of sulfone groups is 1. The minimum atomic E-state index is -2.90. The molecular formula is C15H18N4O3S. The van der Waals surface area contributed by atoms with Gasteiger partial charge in [0.1, 0.15) is 12.7 Å². The van der Waals surface area contributed by atoms with Crippen LogP contribution in [0.3, 0.4) is 0 Å². The highest BCUT2D eigenvalue weighted by Gasteiger charge is 2.27. The van der Waals surface area contributed by atoms with Gasteiger partial charge in [0.2, 0.25) is 0 Å². The number of rotatable bonds is 5. The summed E-state index contributed by atoms with van der Waals surface area (Å²) in [5.41, 5.74) is 1.59. The van der Waals surface area contributed by atoms with Gasteiger partial charge in [0.15, 0.2) is 9.84 Å². The van der Waals surface area contributed by atoms with Crippen molar-refractivity contribution in [1.82, 2.24) is 20.1 Å². The Hall–Kier alpha value is -2.22. The van der Waals surface area contributed by atoms with Gasteiger partial charge >= 0.3 is 0 Å². The summed E-state index contributed by atoms with van der Waals surface area (Å²) in [6.45, 7) is 1.00. The summed E-state index contributed by atoms with van der Waals surface area (Å²) >= 11 is 0. The molecule has 0 bridgehead atoms. The molecule has 1 aliphatic rings. The standard InChI is InChI=1S/C15H18N4O3S/c20-15(17-7-13-5-6-23(21,22)9-13)14-3-1-12(2-4-14)8-19-11-16-10-18-19/h1-4,10-11,13H,5-9H2,(H,17,20). The smallest absolute Gasteiger partial charge is 0.251 e. The van der Waals surface area contributed by atoms with Crippen LogP contribution in [0.1, 0.15) is 22.3 Å². The molecule has 0 aliphatic carbocycles. The number of hydrogen-bond acceptors (Lipinski definition) is 5. The van der Waals surface area contributed by atoms with Gasteiger partial charge in [-0.25, -0.2) is 18.1 Å². The van der Waals surface area contributed by atoms with Gasteiger partial charge in [0.05, 0.1) is 18.1 Å². The lowest BCUT2D eigenvalue weighted by Crippen LogP contribution is -2.29. The molecule has 1 atom stereocenters. The van der Waals surface area contributed by atoms with Crippen molar-refractivity contribution in [2.45, 2.75) is 13.0 Å². The van der Waals surface area contributed by atoms with Crippen LogP contribution >= 0.6 is 0 Å². The van der Waals surface area contributed by atoms with Crippen molar-refractivity contribution < 1.29 is 13.2 Å². The van der Waals surface area contributed by atoms with Gasteiger partial charge < -0.3 is 5.32 Å². The number of hydrogen-bond donors (Lipinski definition) is 1. The summed E-state index contributed by atoms with van der Waals surface area (Å²) in [4.78, 5) is 16.0. The summed E-state index contributed by atoms with van der Waals surface area (Å²) in [6.07, 6.45) is 3.74. The molecule has 0 saturated carbocycles. The second-order valence-electron chi connectivity index (χ2n) is 5.77. The molecule has 1 N–H and O–H groups in total. The number of aromatic nitrogens is 3. The van der Waals surface area contributed by atoms with E-state index in [2.05, 4.69) is 15.4 Å². The minimum absolute atomic E-state index is 0.0236. The van der Waals surface area contributed by atoms with Crippen LogP contribution in [0.25, 0.3) is 0 Å². The van der Waals surface area contributed by atoms with Crippen molar-refractivity contribution in [3.05, 3.63) is 48.0 Å². The number of benzene rings is 1. The molecule has 2 heterocycles.